The zero-order chi connectivity index (χ0) is 26.1. The Morgan fingerprint density at radius 3 is 2.72 bits per heavy atom. The average molecular weight is 526 g/mol. The van der Waals surface area contributed by atoms with Crippen molar-refractivity contribution in [3.8, 4) is 16.9 Å². The SMILES string of the molecule is C=C/C=C\c1c(C)cc(O)cc1-c1c(Cl)cc2c(N3CCN(C(=O)C=C)C[C@@H]3C(C)C)snc2c1F. The van der Waals surface area contributed by atoms with Gasteiger partial charge in [-0.15, -0.1) is 0 Å². The maximum atomic E-state index is 16.1. The monoisotopic (exact) mass is 525 g/mol. The highest BCUT2D eigenvalue weighted by Crippen LogP contribution is 2.44. The number of amides is 1. The van der Waals surface area contributed by atoms with E-state index in [-0.39, 0.29) is 39.7 Å². The lowest BCUT2D eigenvalue weighted by Crippen LogP contribution is -2.56. The smallest absolute Gasteiger partial charge is 0.246 e. The third kappa shape index (κ3) is 4.65. The van der Waals surface area contributed by atoms with Gasteiger partial charge in [-0.1, -0.05) is 56.8 Å². The highest BCUT2D eigenvalue weighted by atomic mass is 35.5. The molecule has 1 fully saturated rings. The number of carbonyl (C=O) groups excluding carboxylic acids is 1. The molecule has 2 aromatic carbocycles. The number of benzene rings is 2. The van der Waals surface area contributed by atoms with Gasteiger partial charge in [-0.05, 0) is 65.3 Å². The van der Waals surface area contributed by atoms with Crippen molar-refractivity contribution in [1.82, 2.24) is 9.27 Å². The summed E-state index contributed by atoms with van der Waals surface area (Å²) >= 11 is 7.97. The first-order chi connectivity index (χ1) is 17.2. The largest absolute Gasteiger partial charge is 0.508 e. The van der Waals surface area contributed by atoms with Crippen molar-refractivity contribution in [2.75, 3.05) is 24.5 Å². The number of allylic oxidation sites excluding steroid dienone is 2. The van der Waals surface area contributed by atoms with Crippen LogP contribution in [0.2, 0.25) is 5.02 Å². The first kappa shape index (κ1) is 25.9. The summed E-state index contributed by atoms with van der Waals surface area (Å²) in [5, 5.41) is 12.0. The van der Waals surface area contributed by atoms with Gasteiger partial charge in [-0.2, -0.15) is 4.37 Å². The van der Waals surface area contributed by atoms with E-state index in [1.54, 1.807) is 29.2 Å². The molecule has 1 N–H and O–H groups in total. The molecule has 3 aromatic rings. The number of aryl methyl sites for hydroxylation is 1. The molecule has 1 saturated heterocycles. The Bertz CT molecular complexity index is 1380. The number of fused-ring (bicyclic) bond motifs is 1. The zero-order valence-corrected chi connectivity index (χ0v) is 22.2. The Kier molecular flexibility index (Phi) is 7.52. The van der Waals surface area contributed by atoms with Crippen molar-refractivity contribution >= 4 is 51.0 Å². The molecule has 36 heavy (non-hydrogen) atoms. The second-order valence-electron chi connectivity index (χ2n) is 9.24. The van der Waals surface area contributed by atoms with Gasteiger partial charge in [0.2, 0.25) is 5.91 Å². The number of piperazine rings is 1. The lowest BCUT2D eigenvalue weighted by molar-refractivity contribution is -0.126. The van der Waals surface area contributed by atoms with E-state index >= 15 is 4.39 Å². The van der Waals surface area contributed by atoms with Gasteiger partial charge >= 0.3 is 0 Å². The molecule has 2 heterocycles. The van der Waals surface area contributed by atoms with Gasteiger partial charge in [0, 0.05) is 36.6 Å². The maximum Gasteiger partial charge on any atom is 0.246 e. The zero-order valence-electron chi connectivity index (χ0n) is 20.6. The predicted octanol–water partition coefficient (Wildman–Crippen LogP) is 6.83. The molecule has 0 unspecified atom stereocenters. The third-order valence-electron chi connectivity index (χ3n) is 6.62. The van der Waals surface area contributed by atoms with Crippen molar-refractivity contribution in [3.63, 3.8) is 0 Å². The van der Waals surface area contributed by atoms with Crippen molar-refractivity contribution in [2.24, 2.45) is 5.92 Å². The molecule has 1 amide bonds. The molecule has 1 atom stereocenters. The molecule has 0 radical (unpaired) electrons. The van der Waals surface area contributed by atoms with Crippen LogP contribution in [0.3, 0.4) is 0 Å². The summed E-state index contributed by atoms with van der Waals surface area (Å²) in [6.07, 6.45) is 6.56. The molecule has 4 rings (SSSR count). The number of nitrogens with zero attached hydrogens (tertiary/aromatic N) is 3. The van der Waals surface area contributed by atoms with Gasteiger partial charge in [-0.25, -0.2) is 4.39 Å². The molecule has 0 bridgehead atoms. The van der Waals surface area contributed by atoms with Crippen molar-refractivity contribution in [2.45, 2.75) is 26.8 Å². The number of phenols is 1. The Morgan fingerprint density at radius 1 is 1.31 bits per heavy atom. The molecule has 188 valence electrons. The fourth-order valence-corrected chi connectivity index (χ4v) is 6.02. The maximum absolute atomic E-state index is 16.1. The highest BCUT2D eigenvalue weighted by Gasteiger charge is 2.33. The molecular formula is C28H29ClFN3O2S. The van der Waals surface area contributed by atoms with Crippen LogP contribution in [0.1, 0.15) is 25.0 Å². The van der Waals surface area contributed by atoms with Crippen LogP contribution in [-0.4, -0.2) is 46.0 Å². The van der Waals surface area contributed by atoms with E-state index in [0.29, 0.717) is 30.6 Å². The van der Waals surface area contributed by atoms with E-state index in [2.05, 4.69) is 36.3 Å². The number of aromatic hydroxyl groups is 1. The molecule has 1 aromatic heterocycles. The third-order valence-corrected chi connectivity index (χ3v) is 7.82. The Hall–Kier alpha value is -3.16. The fraction of sp³-hybridized carbons (Fsp3) is 0.286. The summed E-state index contributed by atoms with van der Waals surface area (Å²) in [6.45, 7) is 15.1. The minimum atomic E-state index is -0.528. The van der Waals surface area contributed by atoms with E-state index in [4.69, 9.17) is 11.6 Å². The molecule has 1 aliphatic rings. The first-order valence-corrected chi connectivity index (χ1v) is 12.9. The minimum absolute atomic E-state index is 0.0273. The fourth-order valence-electron chi connectivity index (χ4n) is 4.79. The van der Waals surface area contributed by atoms with Crippen molar-refractivity contribution in [1.29, 1.82) is 0 Å². The van der Waals surface area contributed by atoms with Crippen LogP contribution in [0.5, 0.6) is 5.75 Å². The van der Waals surface area contributed by atoms with Gasteiger partial charge in [0.25, 0.3) is 0 Å². The average Bonchev–Trinajstić information content (AvgIpc) is 3.26. The van der Waals surface area contributed by atoms with Gasteiger partial charge in [0.15, 0.2) is 5.82 Å². The van der Waals surface area contributed by atoms with Crippen LogP contribution >= 0.6 is 23.1 Å². The Balaban J connectivity index is 1.84. The van der Waals surface area contributed by atoms with Crippen LogP contribution in [-0.2, 0) is 4.79 Å². The van der Waals surface area contributed by atoms with Gasteiger partial charge in [0.1, 0.15) is 16.3 Å². The molecule has 0 aliphatic carbocycles. The quantitative estimate of drug-likeness (QED) is 0.283. The first-order valence-electron chi connectivity index (χ1n) is 11.8. The number of rotatable bonds is 6. The normalized spacial score (nSPS) is 16.3. The second-order valence-corrected chi connectivity index (χ2v) is 10.4. The van der Waals surface area contributed by atoms with E-state index in [9.17, 15) is 9.90 Å². The van der Waals surface area contributed by atoms with Crippen LogP contribution in [0, 0.1) is 18.7 Å². The summed E-state index contributed by atoms with van der Waals surface area (Å²) in [6, 6.07) is 4.94. The minimum Gasteiger partial charge on any atom is -0.508 e. The van der Waals surface area contributed by atoms with Gasteiger partial charge in [-0.3, -0.25) is 4.79 Å². The molecular weight excluding hydrogens is 497 g/mol. The number of phenolic OH excluding ortho intramolecular Hbond substituents is 1. The van der Waals surface area contributed by atoms with Crippen LogP contribution in [0.4, 0.5) is 9.39 Å². The number of hydrogen-bond donors (Lipinski definition) is 1. The Morgan fingerprint density at radius 2 is 2.06 bits per heavy atom. The summed E-state index contributed by atoms with van der Waals surface area (Å²) < 4.78 is 20.6. The Labute approximate surface area is 220 Å². The summed E-state index contributed by atoms with van der Waals surface area (Å²) in [5.41, 5.74) is 2.45. The summed E-state index contributed by atoms with van der Waals surface area (Å²) in [7, 11) is 0. The van der Waals surface area contributed by atoms with Gasteiger partial charge in [0.05, 0.1) is 5.02 Å². The highest BCUT2D eigenvalue weighted by molar-refractivity contribution is 7.11. The lowest BCUT2D eigenvalue weighted by atomic mass is 9.93. The number of hydrogen-bond acceptors (Lipinski definition) is 5. The second kappa shape index (κ2) is 10.4. The van der Waals surface area contributed by atoms with Crippen LogP contribution < -0.4 is 4.90 Å². The predicted molar refractivity (Wildman–Crippen MR) is 148 cm³/mol. The molecule has 0 saturated carbocycles. The summed E-state index contributed by atoms with van der Waals surface area (Å²) in [5.74, 6) is -0.341. The number of aromatic nitrogens is 1. The van der Waals surface area contributed by atoms with E-state index < -0.39 is 5.82 Å². The van der Waals surface area contributed by atoms with E-state index in [1.165, 1.54) is 23.7 Å². The number of carbonyl (C=O) groups is 1. The molecule has 1 aliphatic heterocycles. The van der Waals surface area contributed by atoms with Crippen LogP contribution in [0.25, 0.3) is 28.1 Å². The van der Waals surface area contributed by atoms with E-state index in [0.717, 1.165) is 16.1 Å². The molecule has 0 spiro atoms. The molecule has 5 nitrogen and oxygen atoms in total. The summed E-state index contributed by atoms with van der Waals surface area (Å²) in [4.78, 5) is 16.2. The standard InChI is InChI=1S/C28H29ClFN3O2S/c1-6-8-9-19-17(5)12-18(34)13-20(19)25-22(29)14-21-27(26(25)30)31-36-28(21)33-11-10-32(24(35)7-2)15-23(33)16(3)4/h6-9,12-14,16,23,34H,1-2,10-11,15H2,3-5H3/b9-8-/t23-/m1/s1. The van der Waals surface area contributed by atoms with Gasteiger partial charge < -0.3 is 14.9 Å². The van der Waals surface area contributed by atoms with E-state index in [1.807, 2.05) is 13.0 Å². The number of anilines is 1. The topological polar surface area (TPSA) is 56.7 Å². The van der Waals surface area contributed by atoms with Crippen LogP contribution in [0.15, 0.2) is 49.6 Å². The van der Waals surface area contributed by atoms with Crippen molar-refractivity contribution < 1.29 is 14.3 Å². The lowest BCUT2D eigenvalue weighted by Gasteiger charge is -2.43. The van der Waals surface area contributed by atoms with Crippen molar-refractivity contribution in [3.05, 3.63) is 71.6 Å². The molecule has 8 heteroatoms. The number of halogens is 2.